The average molecular weight is 224 g/mol. The van der Waals surface area contributed by atoms with Crippen LogP contribution in [0.5, 0.6) is 0 Å². The Kier molecular flexibility index (Phi) is 2.93. The maximum Gasteiger partial charge on any atom is 0.321 e. The lowest BCUT2D eigenvalue weighted by Gasteiger charge is -2.10. The van der Waals surface area contributed by atoms with Crippen molar-refractivity contribution in [1.29, 1.82) is 0 Å². The van der Waals surface area contributed by atoms with Crippen molar-refractivity contribution < 1.29 is 9.90 Å². The predicted octanol–water partition coefficient (Wildman–Crippen LogP) is 1.18. The van der Waals surface area contributed by atoms with Crippen molar-refractivity contribution in [3.05, 3.63) is 29.6 Å². The number of aryl methyl sites for hydroxylation is 1. The second-order valence-corrected chi connectivity index (χ2v) is 4.61. The molecule has 15 heavy (non-hydrogen) atoms. The first kappa shape index (κ1) is 10.4. The molecule has 1 aliphatic rings. The third-order valence-electron chi connectivity index (χ3n) is 2.26. The Balaban J connectivity index is 2.11. The summed E-state index contributed by atoms with van der Waals surface area (Å²) in [5, 5.41) is 11.9. The molecule has 1 saturated heterocycles. The molecule has 0 amide bonds. The first-order valence-corrected chi connectivity index (χ1v) is 5.76. The maximum absolute atomic E-state index is 10.7. The summed E-state index contributed by atoms with van der Waals surface area (Å²) in [4.78, 5) is 15.1. The number of carboxylic acid groups (broad SMARTS) is 1. The number of pyridine rings is 1. The largest absolute Gasteiger partial charge is 0.480 e. The average Bonchev–Trinajstić information content (AvgIpc) is 2.66. The van der Waals surface area contributed by atoms with Crippen LogP contribution in [0.1, 0.15) is 16.8 Å². The summed E-state index contributed by atoms with van der Waals surface area (Å²) in [6.45, 7) is 1.93. The Morgan fingerprint density at radius 3 is 3.07 bits per heavy atom. The Hall–Kier alpha value is -1.07. The summed E-state index contributed by atoms with van der Waals surface area (Å²) in [5.41, 5.74) is 1.86. The molecule has 1 aromatic heterocycles. The van der Waals surface area contributed by atoms with Gasteiger partial charge in [-0.25, -0.2) is 0 Å². The minimum absolute atomic E-state index is 0.00556. The Labute approximate surface area is 92.1 Å². The van der Waals surface area contributed by atoms with Gasteiger partial charge in [0, 0.05) is 11.4 Å². The van der Waals surface area contributed by atoms with Crippen molar-refractivity contribution in [2.75, 3.05) is 5.75 Å². The Bertz CT molecular complexity index is 383. The van der Waals surface area contributed by atoms with E-state index in [2.05, 4.69) is 10.3 Å². The summed E-state index contributed by atoms with van der Waals surface area (Å²) >= 11 is 1.59. The van der Waals surface area contributed by atoms with E-state index in [1.54, 1.807) is 11.8 Å². The number of nitrogens with zero attached hydrogens (tertiary/aromatic N) is 1. The summed E-state index contributed by atoms with van der Waals surface area (Å²) in [6, 6.07) is 5.33. The van der Waals surface area contributed by atoms with Crippen molar-refractivity contribution in [2.45, 2.75) is 18.3 Å². The van der Waals surface area contributed by atoms with Crippen LogP contribution in [0.2, 0.25) is 0 Å². The third kappa shape index (κ3) is 2.30. The van der Waals surface area contributed by atoms with Gasteiger partial charge in [0.15, 0.2) is 0 Å². The van der Waals surface area contributed by atoms with Gasteiger partial charge in [-0.2, -0.15) is 0 Å². The molecule has 2 N–H and O–H groups in total. The van der Waals surface area contributed by atoms with E-state index in [0.29, 0.717) is 5.75 Å². The number of aromatic nitrogens is 1. The van der Waals surface area contributed by atoms with E-state index in [1.165, 1.54) is 0 Å². The van der Waals surface area contributed by atoms with Gasteiger partial charge in [-0.05, 0) is 19.1 Å². The van der Waals surface area contributed by atoms with Crippen LogP contribution in [0.15, 0.2) is 18.2 Å². The van der Waals surface area contributed by atoms with Gasteiger partial charge in [0.25, 0.3) is 0 Å². The number of nitrogens with one attached hydrogen (secondary N) is 1. The highest BCUT2D eigenvalue weighted by Crippen LogP contribution is 2.31. The molecule has 1 fully saturated rings. The first-order chi connectivity index (χ1) is 7.16. The van der Waals surface area contributed by atoms with Gasteiger partial charge in [0.1, 0.15) is 6.04 Å². The van der Waals surface area contributed by atoms with E-state index in [0.717, 1.165) is 11.4 Å². The molecule has 0 unspecified atom stereocenters. The lowest BCUT2D eigenvalue weighted by Crippen LogP contribution is -2.33. The summed E-state index contributed by atoms with van der Waals surface area (Å²) < 4.78 is 0. The summed E-state index contributed by atoms with van der Waals surface area (Å²) in [6.07, 6.45) is 0. The van der Waals surface area contributed by atoms with Crippen LogP contribution in [-0.4, -0.2) is 27.9 Å². The fraction of sp³-hybridized carbons (Fsp3) is 0.400. The van der Waals surface area contributed by atoms with Crippen molar-refractivity contribution in [1.82, 2.24) is 10.3 Å². The molecule has 0 saturated carbocycles. The Morgan fingerprint density at radius 2 is 2.47 bits per heavy atom. The highest BCUT2D eigenvalue weighted by atomic mass is 32.2. The predicted molar refractivity (Wildman–Crippen MR) is 58.7 cm³/mol. The van der Waals surface area contributed by atoms with Crippen molar-refractivity contribution >= 4 is 17.7 Å². The van der Waals surface area contributed by atoms with Gasteiger partial charge in [-0.1, -0.05) is 6.07 Å². The molecule has 1 aliphatic heterocycles. The standard InChI is InChI=1S/C10H12N2O2S/c1-6-3-2-4-7(11-6)9-12-8(5-15-9)10(13)14/h2-4,8-9,12H,5H2,1H3,(H,13,14)/t8-,9-/m0/s1. The minimum atomic E-state index is -0.794. The van der Waals surface area contributed by atoms with E-state index in [4.69, 9.17) is 5.11 Å². The molecule has 0 aliphatic carbocycles. The molecule has 2 heterocycles. The smallest absolute Gasteiger partial charge is 0.321 e. The molecule has 0 aromatic carbocycles. The fourth-order valence-electron chi connectivity index (χ4n) is 1.49. The second kappa shape index (κ2) is 4.20. The lowest BCUT2D eigenvalue weighted by molar-refractivity contribution is -0.138. The van der Waals surface area contributed by atoms with Crippen molar-refractivity contribution in [3.63, 3.8) is 0 Å². The number of hydrogen-bond acceptors (Lipinski definition) is 4. The van der Waals surface area contributed by atoms with E-state index < -0.39 is 12.0 Å². The maximum atomic E-state index is 10.7. The normalized spacial score (nSPS) is 25.4. The molecule has 2 atom stereocenters. The number of thioether (sulfide) groups is 1. The third-order valence-corrected chi connectivity index (χ3v) is 3.50. The van der Waals surface area contributed by atoms with E-state index in [9.17, 15) is 4.79 Å². The van der Waals surface area contributed by atoms with Crippen LogP contribution in [0.4, 0.5) is 0 Å². The fourth-order valence-corrected chi connectivity index (χ4v) is 2.68. The Morgan fingerprint density at radius 1 is 1.67 bits per heavy atom. The molecule has 2 rings (SSSR count). The topological polar surface area (TPSA) is 62.2 Å². The van der Waals surface area contributed by atoms with E-state index in [-0.39, 0.29) is 5.37 Å². The SMILES string of the molecule is Cc1cccc([C@H]2N[C@H](C(=O)O)CS2)n1. The molecule has 0 bridgehead atoms. The molecule has 4 nitrogen and oxygen atoms in total. The molecule has 1 aromatic rings. The highest BCUT2D eigenvalue weighted by molar-refractivity contribution is 7.99. The number of rotatable bonds is 2. The van der Waals surface area contributed by atoms with E-state index in [1.807, 2.05) is 25.1 Å². The van der Waals surface area contributed by atoms with Gasteiger partial charge in [-0.3, -0.25) is 15.1 Å². The molecule has 0 radical (unpaired) electrons. The first-order valence-electron chi connectivity index (χ1n) is 4.71. The number of carboxylic acids is 1. The van der Waals surface area contributed by atoms with Gasteiger partial charge >= 0.3 is 5.97 Å². The zero-order valence-corrected chi connectivity index (χ0v) is 9.12. The molecular formula is C10H12N2O2S. The van der Waals surface area contributed by atoms with Crippen LogP contribution in [0.3, 0.4) is 0 Å². The van der Waals surface area contributed by atoms with Crippen LogP contribution >= 0.6 is 11.8 Å². The van der Waals surface area contributed by atoms with Crippen LogP contribution in [0, 0.1) is 6.92 Å². The van der Waals surface area contributed by atoms with Crippen LogP contribution in [-0.2, 0) is 4.79 Å². The lowest BCUT2D eigenvalue weighted by atomic mass is 10.3. The monoisotopic (exact) mass is 224 g/mol. The zero-order valence-electron chi connectivity index (χ0n) is 8.30. The van der Waals surface area contributed by atoms with Crippen LogP contribution < -0.4 is 5.32 Å². The zero-order chi connectivity index (χ0) is 10.8. The van der Waals surface area contributed by atoms with E-state index >= 15 is 0 Å². The highest BCUT2D eigenvalue weighted by Gasteiger charge is 2.30. The second-order valence-electron chi connectivity index (χ2n) is 3.47. The van der Waals surface area contributed by atoms with Gasteiger partial charge in [0.2, 0.25) is 0 Å². The van der Waals surface area contributed by atoms with Gasteiger partial charge in [-0.15, -0.1) is 11.8 Å². The summed E-state index contributed by atoms with van der Waals surface area (Å²) in [7, 11) is 0. The summed E-state index contributed by atoms with van der Waals surface area (Å²) in [5.74, 6) is -0.201. The molecule has 5 heteroatoms. The number of hydrogen-bond donors (Lipinski definition) is 2. The van der Waals surface area contributed by atoms with Crippen LogP contribution in [0.25, 0.3) is 0 Å². The minimum Gasteiger partial charge on any atom is -0.480 e. The number of aliphatic carboxylic acids is 1. The quantitative estimate of drug-likeness (QED) is 0.789. The molecule has 80 valence electrons. The van der Waals surface area contributed by atoms with Crippen molar-refractivity contribution in [2.24, 2.45) is 0 Å². The molecular weight excluding hydrogens is 212 g/mol. The molecule has 0 spiro atoms. The van der Waals surface area contributed by atoms with Crippen molar-refractivity contribution in [3.8, 4) is 0 Å². The van der Waals surface area contributed by atoms with Gasteiger partial charge < -0.3 is 5.11 Å². The van der Waals surface area contributed by atoms with Gasteiger partial charge in [0.05, 0.1) is 11.1 Å². The number of carbonyl (C=O) groups is 1.